The largest absolute Gasteiger partial charge is 0.507 e. The van der Waals surface area contributed by atoms with Crippen LogP contribution in [0.3, 0.4) is 0 Å². The molecule has 1 aromatic carbocycles. The SMILES string of the molecule is Cc1nc2cc(O)c(-c3cc4ccn([C@@H]5CCNC(C)(C)[C@@H]5F)c4nn3)cc2s1. The molecule has 0 spiro atoms. The molecule has 0 radical (unpaired) electrons. The normalized spacial score (nSPS) is 21.8. The minimum Gasteiger partial charge on any atom is -0.507 e. The highest BCUT2D eigenvalue weighted by atomic mass is 32.1. The van der Waals surface area contributed by atoms with Gasteiger partial charge < -0.3 is 15.0 Å². The summed E-state index contributed by atoms with van der Waals surface area (Å²) in [6, 6.07) is 7.11. The van der Waals surface area contributed by atoms with Crippen molar-refractivity contribution in [3.05, 3.63) is 35.5 Å². The molecule has 8 heteroatoms. The summed E-state index contributed by atoms with van der Waals surface area (Å²) < 4.78 is 18.0. The molecule has 1 fully saturated rings. The number of aromatic hydroxyl groups is 1. The van der Waals surface area contributed by atoms with Crippen molar-refractivity contribution in [3.63, 3.8) is 0 Å². The zero-order valence-corrected chi connectivity index (χ0v) is 17.3. The van der Waals surface area contributed by atoms with Crippen molar-refractivity contribution in [1.29, 1.82) is 0 Å². The smallest absolute Gasteiger partial charge is 0.162 e. The van der Waals surface area contributed by atoms with Crippen molar-refractivity contribution in [3.8, 4) is 17.0 Å². The fourth-order valence-corrected chi connectivity index (χ4v) is 5.03. The van der Waals surface area contributed by atoms with E-state index in [0.29, 0.717) is 23.3 Å². The molecule has 4 heterocycles. The van der Waals surface area contributed by atoms with E-state index in [0.717, 1.165) is 27.2 Å². The molecule has 0 bridgehead atoms. The van der Waals surface area contributed by atoms with E-state index < -0.39 is 11.7 Å². The van der Waals surface area contributed by atoms with Crippen LogP contribution in [-0.2, 0) is 0 Å². The Morgan fingerprint density at radius 3 is 2.93 bits per heavy atom. The summed E-state index contributed by atoms with van der Waals surface area (Å²) in [6.07, 6.45) is 1.55. The van der Waals surface area contributed by atoms with E-state index in [2.05, 4.69) is 20.5 Å². The fraction of sp³-hybridized carbons (Fsp3) is 0.381. The van der Waals surface area contributed by atoms with Gasteiger partial charge in [0.2, 0.25) is 0 Å². The van der Waals surface area contributed by atoms with Crippen LogP contribution in [0.2, 0.25) is 0 Å². The van der Waals surface area contributed by atoms with Crippen LogP contribution in [0, 0.1) is 6.92 Å². The third-order valence-corrected chi connectivity index (χ3v) is 6.69. The van der Waals surface area contributed by atoms with Crippen molar-refractivity contribution in [2.45, 2.75) is 44.9 Å². The average Bonchev–Trinajstić information content (AvgIpc) is 3.25. The van der Waals surface area contributed by atoms with Gasteiger partial charge in [-0.1, -0.05) is 0 Å². The second-order valence-electron chi connectivity index (χ2n) is 8.21. The number of piperidine rings is 1. The Labute approximate surface area is 171 Å². The summed E-state index contributed by atoms with van der Waals surface area (Å²) in [5.74, 6) is 0.125. The number of hydrogen-bond donors (Lipinski definition) is 2. The summed E-state index contributed by atoms with van der Waals surface area (Å²) in [5, 5.41) is 24.3. The van der Waals surface area contributed by atoms with Gasteiger partial charge in [0.1, 0.15) is 11.9 Å². The number of alkyl halides is 1. The van der Waals surface area contributed by atoms with Crippen LogP contribution in [0.15, 0.2) is 30.5 Å². The number of phenols is 1. The van der Waals surface area contributed by atoms with Crippen molar-refractivity contribution in [1.82, 2.24) is 25.1 Å². The van der Waals surface area contributed by atoms with E-state index in [1.165, 1.54) is 0 Å². The third-order valence-electron chi connectivity index (χ3n) is 5.76. The predicted octanol–water partition coefficient (Wildman–Crippen LogP) is 4.37. The summed E-state index contributed by atoms with van der Waals surface area (Å²) in [7, 11) is 0. The summed E-state index contributed by atoms with van der Waals surface area (Å²) >= 11 is 1.57. The van der Waals surface area contributed by atoms with E-state index in [9.17, 15) is 5.11 Å². The number of halogens is 1. The Bertz CT molecular complexity index is 1230. The fourth-order valence-electron chi connectivity index (χ4n) is 4.18. The van der Waals surface area contributed by atoms with Gasteiger partial charge in [0.25, 0.3) is 0 Å². The summed E-state index contributed by atoms with van der Waals surface area (Å²) in [6.45, 7) is 6.47. The van der Waals surface area contributed by atoms with Gasteiger partial charge in [0.15, 0.2) is 5.65 Å². The van der Waals surface area contributed by atoms with Gasteiger partial charge in [-0.3, -0.25) is 0 Å². The van der Waals surface area contributed by atoms with Crippen molar-refractivity contribution < 1.29 is 9.50 Å². The lowest BCUT2D eigenvalue weighted by Gasteiger charge is -2.40. The molecule has 0 aliphatic carbocycles. The molecule has 150 valence electrons. The highest BCUT2D eigenvalue weighted by Gasteiger charge is 2.40. The molecule has 4 aromatic rings. The van der Waals surface area contributed by atoms with Crippen LogP contribution >= 0.6 is 11.3 Å². The summed E-state index contributed by atoms with van der Waals surface area (Å²) in [4.78, 5) is 4.41. The predicted molar refractivity (Wildman–Crippen MR) is 113 cm³/mol. The zero-order valence-electron chi connectivity index (χ0n) is 16.5. The van der Waals surface area contributed by atoms with E-state index in [1.807, 2.05) is 49.7 Å². The average molecular weight is 412 g/mol. The van der Waals surface area contributed by atoms with E-state index in [1.54, 1.807) is 17.4 Å². The standard InChI is InChI=1S/C21H22FN5OS/c1-11-24-15-10-17(28)13(9-18(15)29-11)14-8-12-5-7-27(20(12)26-25-14)16-4-6-23-21(2,3)19(16)22/h5,7-10,16,19,23,28H,4,6H2,1-3H3/t16-,19-/m1/s1. The van der Waals surface area contributed by atoms with Gasteiger partial charge >= 0.3 is 0 Å². The zero-order chi connectivity index (χ0) is 20.3. The van der Waals surface area contributed by atoms with Crippen molar-refractivity contribution >= 4 is 32.6 Å². The maximum absolute atomic E-state index is 15.1. The molecule has 0 saturated carbocycles. The monoisotopic (exact) mass is 411 g/mol. The molecule has 1 saturated heterocycles. The molecule has 1 aliphatic heterocycles. The minimum atomic E-state index is -1.03. The molecule has 0 amide bonds. The first kappa shape index (κ1) is 18.4. The molecular formula is C21H22FN5OS. The molecular weight excluding hydrogens is 389 g/mol. The van der Waals surface area contributed by atoms with E-state index in [4.69, 9.17) is 0 Å². The summed E-state index contributed by atoms with van der Waals surface area (Å²) in [5.41, 5.74) is 2.06. The second kappa shape index (κ2) is 6.47. The van der Waals surface area contributed by atoms with Crippen LogP contribution in [0.25, 0.3) is 32.5 Å². The Kier molecular flexibility index (Phi) is 4.11. The van der Waals surface area contributed by atoms with Crippen LogP contribution in [0.4, 0.5) is 4.39 Å². The van der Waals surface area contributed by atoms with Crippen LogP contribution in [-0.4, -0.2) is 43.1 Å². The number of nitrogens with one attached hydrogen (secondary N) is 1. The highest BCUT2D eigenvalue weighted by molar-refractivity contribution is 7.18. The molecule has 2 atom stereocenters. The molecule has 3 aromatic heterocycles. The number of benzene rings is 1. The lowest BCUT2D eigenvalue weighted by Crippen LogP contribution is -2.55. The van der Waals surface area contributed by atoms with Gasteiger partial charge in [-0.2, -0.15) is 0 Å². The number of hydrogen-bond acceptors (Lipinski definition) is 6. The molecule has 5 rings (SSSR count). The lowest BCUT2D eigenvalue weighted by molar-refractivity contribution is 0.0838. The van der Waals surface area contributed by atoms with Gasteiger partial charge in [-0.05, 0) is 51.9 Å². The van der Waals surface area contributed by atoms with Gasteiger partial charge in [0, 0.05) is 28.8 Å². The van der Waals surface area contributed by atoms with Gasteiger partial charge in [-0.15, -0.1) is 21.5 Å². The Balaban J connectivity index is 1.57. The molecule has 1 aliphatic rings. The number of nitrogens with zero attached hydrogens (tertiary/aromatic N) is 4. The maximum atomic E-state index is 15.1. The Morgan fingerprint density at radius 1 is 1.28 bits per heavy atom. The number of aromatic nitrogens is 4. The first-order valence-corrected chi connectivity index (χ1v) is 10.5. The maximum Gasteiger partial charge on any atom is 0.162 e. The van der Waals surface area contributed by atoms with Gasteiger partial charge in [0.05, 0.1) is 27.0 Å². The molecule has 2 N–H and O–H groups in total. The first-order chi connectivity index (χ1) is 13.8. The van der Waals surface area contributed by atoms with E-state index >= 15 is 4.39 Å². The second-order valence-corrected chi connectivity index (χ2v) is 9.44. The van der Waals surface area contributed by atoms with Crippen LogP contribution < -0.4 is 5.32 Å². The quantitative estimate of drug-likeness (QED) is 0.512. The number of rotatable bonds is 2. The molecule has 29 heavy (non-hydrogen) atoms. The number of thiazole rings is 1. The molecule has 6 nitrogen and oxygen atoms in total. The van der Waals surface area contributed by atoms with Gasteiger partial charge in [-0.25, -0.2) is 9.37 Å². The number of fused-ring (bicyclic) bond motifs is 2. The highest BCUT2D eigenvalue weighted by Crippen LogP contribution is 2.37. The van der Waals surface area contributed by atoms with Crippen molar-refractivity contribution in [2.24, 2.45) is 0 Å². The number of aryl methyl sites for hydroxylation is 1. The van der Waals surface area contributed by atoms with E-state index in [-0.39, 0.29) is 11.8 Å². The van der Waals surface area contributed by atoms with Crippen LogP contribution in [0.5, 0.6) is 5.75 Å². The Morgan fingerprint density at radius 2 is 2.10 bits per heavy atom. The molecule has 0 unspecified atom stereocenters. The minimum absolute atomic E-state index is 0.125. The number of phenolic OH excluding ortho intramolecular Hbond substituents is 1. The van der Waals surface area contributed by atoms with Crippen LogP contribution in [0.1, 0.15) is 31.3 Å². The first-order valence-electron chi connectivity index (χ1n) is 9.67. The topological polar surface area (TPSA) is 75.9 Å². The third kappa shape index (κ3) is 2.98. The Hall–Kier alpha value is -2.58. The van der Waals surface area contributed by atoms with Crippen molar-refractivity contribution in [2.75, 3.05) is 6.54 Å². The lowest BCUT2D eigenvalue weighted by atomic mass is 9.87.